The van der Waals surface area contributed by atoms with Crippen LogP contribution in [0.1, 0.15) is 25.5 Å². The van der Waals surface area contributed by atoms with E-state index >= 15 is 0 Å². The molecule has 1 N–H and O–H groups in total. The van der Waals surface area contributed by atoms with Crippen molar-refractivity contribution in [3.63, 3.8) is 0 Å². The van der Waals surface area contributed by atoms with Gasteiger partial charge in [0, 0.05) is 25.4 Å². The van der Waals surface area contributed by atoms with Gasteiger partial charge in [0.2, 0.25) is 5.88 Å². The number of hydrogen-bond acceptors (Lipinski definition) is 5. The highest BCUT2D eigenvalue weighted by Gasteiger charge is 2.20. The van der Waals surface area contributed by atoms with Crippen molar-refractivity contribution in [2.75, 3.05) is 19.8 Å². The van der Waals surface area contributed by atoms with Gasteiger partial charge in [-0.25, -0.2) is 4.98 Å². The van der Waals surface area contributed by atoms with Gasteiger partial charge in [0.1, 0.15) is 6.61 Å². The van der Waals surface area contributed by atoms with Crippen molar-refractivity contribution in [3.05, 3.63) is 18.1 Å². The van der Waals surface area contributed by atoms with E-state index in [-0.39, 0.29) is 0 Å². The lowest BCUT2D eigenvalue weighted by Crippen LogP contribution is -2.17. The predicted molar refractivity (Wildman–Crippen MR) is 63.9 cm³/mol. The smallest absolute Gasteiger partial charge is 0.232 e. The number of hydrogen-bond donors (Lipinski definition) is 1. The summed E-state index contributed by atoms with van der Waals surface area (Å²) in [4.78, 5) is 8.48. The molecular weight excluding hydrogens is 218 g/mol. The summed E-state index contributed by atoms with van der Waals surface area (Å²) < 4.78 is 10.6. The first kappa shape index (κ1) is 12.3. The van der Waals surface area contributed by atoms with Crippen LogP contribution in [-0.4, -0.2) is 35.8 Å². The molecule has 0 saturated heterocycles. The number of nitrogens with zero attached hydrogens (tertiary/aromatic N) is 2. The fraction of sp³-hybridized carbons (Fsp3) is 0.667. The van der Waals surface area contributed by atoms with Gasteiger partial charge in [-0.1, -0.05) is 0 Å². The van der Waals surface area contributed by atoms with Crippen LogP contribution < -0.4 is 10.1 Å². The Morgan fingerprint density at radius 3 is 3.00 bits per heavy atom. The van der Waals surface area contributed by atoms with Crippen LogP contribution in [0.15, 0.2) is 12.4 Å². The lowest BCUT2D eigenvalue weighted by atomic mass is 10.4. The third-order valence-corrected chi connectivity index (χ3v) is 2.49. The lowest BCUT2D eigenvalue weighted by Gasteiger charge is -2.07. The number of aromatic nitrogens is 2. The summed E-state index contributed by atoms with van der Waals surface area (Å²) in [6, 6.07) is 0.680. The maximum atomic E-state index is 5.44. The number of ether oxygens (including phenoxy) is 2. The van der Waals surface area contributed by atoms with Crippen molar-refractivity contribution in [2.45, 2.75) is 32.4 Å². The Hall–Kier alpha value is -1.20. The van der Waals surface area contributed by atoms with E-state index in [1.54, 1.807) is 12.4 Å². The van der Waals surface area contributed by atoms with E-state index in [0.29, 0.717) is 31.7 Å². The van der Waals surface area contributed by atoms with Crippen molar-refractivity contribution in [3.8, 4) is 5.88 Å². The van der Waals surface area contributed by atoms with Gasteiger partial charge in [0.05, 0.1) is 18.5 Å². The standard InChI is InChI=1S/C12H19N3O2/c1-2-16-5-6-17-12-9-13-7-11(15-12)8-14-10-3-4-10/h7,9-10,14H,2-6,8H2,1H3. The largest absolute Gasteiger partial charge is 0.474 e. The number of nitrogens with one attached hydrogen (secondary N) is 1. The Kier molecular flexibility index (Phi) is 4.70. The second-order valence-corrected chi connectivity index (χ2v) is 4.05. The molecule has 5 nitrogen and oxygen atoms in total. The average molecular weight is 237 g/mol. The minimum Gasteiger partial charge on any atom is -0.474 e. The minimum absolute atomic E-state index is 0.516. The lowest BCUT2D eigenvalue weighted by molar-refractivity contribution is 0.108. The van der Waals surface area contributed by atoms with E-state index in [2.05, 4.69) is 15.3 Å². The average Bonchev–Trinajstić information content (AvgIpc) is 3.17. The Bertz CT molecular complexity index is 342. The Balaban J connectivity index is 1.74. The molecule has 1 aromatic rings. The van der Waals surface area contributed by atoms with Gasteiger partial charge in [0.25, 0.3) is 0 Å². The van der Waals surface area contributed by atoms with E-state index in [9.17, 15) is 0 Å². The van der Waals surface area contributed by atoms with Crippen LogP contribution in [-0.2, 0) is 11.3 Å². The van der Waals surface area contributed by atoms with Crippen LogP contribution >= 0.6 is 0 Å². The third kappa shape index (κ3) is 4.66. The zero-order valence-electron chi connectivity index (χ0n) is 10.2. The van der Waals surface area contributed by atoms with Crippen molar-refractivity contribution >= 4 is 0 Å². The second-order valence-electron chi connectivity index (χ2n) is 4.05. The molecule has 1 heterocycles. The summed E-state index contributed by atoms with van der Waals surface area (Å²) in [7, 11) is 0. The van der Waals surface area contributed by atoms with Crippen molar-refractivity contribution in [1.29, 1.82) is 0 Å². The fourth-order valence-electron chi connectivity index (χ4n) is 1.43. The third-order valence-electron chi connectivity index (χ3n) is 2.49. The molecular formula is C12H19N3O2. The summed E-state index contributed by atoms with van der Waals surface area (Å²) in [5.74, 6) is 0.569. The predicted octanol–water partition coefficient (Wildman–Crippen LogP) is 1.14. The molecule has 0 radical (unpaired) electrons. The van der Waals surface area contributed by atoms with E-state index < -0.39 is 0 Å². The molecule has 1 aliphatic carbocycles. The molecule has 1 aliphatic rings. The first-order valence-corrected chi connectivity index (χ1v) is 6.13. The highest BCUT2D eigenvalue weighted by molar-refractivity contribution is 5.08. The molecule has 17 heavy (non-hydrogen) atoms. The molecule has 5 heteroatoms. The molecule has 0 bridgehead atoms. The zero-order valence-corrected chi connectivity index (χ0v) is 10.2. The first-order chi connectivity index (χ1) is 8.38. The van der Waals surface area contributed by atoms with Gasteiger partial charge in [0.15, 0.2) is 0 Å². The van der Waals surface area contributed by atoms with E-state index in [1.807, 2.05) is 6.92 Å². The summed E-state index contributed by atoms with van der Waals surface area (Å²) >= 11 is 0. The zero-order chi connectivity index (χ0) is 11.9. The van der Waals surface area contributed by atoms with Crippen molar-refractivity contribution < 1.29 is 9.47 Å². The Labute approximate surface area is 102 Å². The quantitative estimate of drug-likeness (QED) is 0.687. The van der Waals surface area contributed by atoms with Crippen LogP contribution in [0.25, 0.3) is 0 Å². The molecule has 0 aromatic carbocycles. The van der Waals surface area contributed by atoms with Gasteiger partial charge in [-0.05, 0) is 19.8 Å². The topological polar surface area (TPSA) is 56.3 Å². The minimum atomic E-state index is 0.516. The molecule has 0 unspecified atom stereocenters. The molecule has 1 fully saturated rings. The Morgan fingerprint density at radius 1 is 1.35 bits per heavy atom. The Morgan fingerprint density at radius 2 is 2.24 bits per heavy atom. The van der Waals surface area contributed by atoms with Crippen molar-refractivity contribution in [1.82, 2.24) is 15.3 Å². The molecule has 1 aromatic heterocycles. The molecule has 0 aliphatic heterocycles. The molecule has 1 saturated carbocycles. The van der Waals surface area contributed by atoms with E-state index in [1.165, 1.54) is 12.8 Å². The van der Waals surface area contributed by atoms with Crippen molar-refractivity contribution in [2.24, 2.45) is 0 Å². The molecule has 0 spiro atoms. The molecule has 0 amide bonds. The van der Waals surface area contributed by atoms with Gasteiger partial charge in [-0.2, -0.15) is 0 Å². The van der Waals surface area contributed by atoms with Crippen LogP contribution in [0, 0.1) is 0 Å². The monoisotopic (exact) mass is 237 g/mol. The SMILES string of the molecule is CCOCCOc1cncc(CNC2CC2)n1. The van der Waals surface area contributed by atoms with Gasteiger partial charge < -0.3 is 14.8 Å². The van der Waals surface area contributed by atoms with E-state index in [4.69, 9.17) is 9.47 Å². The van der Waals surface area contributed by atoms with Gasteiger partial charge >= 0.3 is 0 Å². The highest BCUT2D eigenvalue weighted by atomic mass is 16.5. The molecule has 0 atom stereocenters. The first-order valence-electron chi connectivity index (χ1n) is 6.13. The molecule has 2 rings (SSSR count). The highest BCUT2D eigenvalue weighted by Crippen LogP contribution is 2.19. The maximum Gasteiger partial charge on any atom is 0.232 e. The summed E-state index contributed by atoms with van der Waals surface area (Å²) in [6.07, 6.45) is 5.95. The van der Waals surface area contributed by atoms with Crippen LogP contribution in [0.4, 0.5) is 0 Å². The maximum absolute atomic E-state index is 5.44. The summed E-state index contributed by atoms with van der Waals surface area (Å²) in [6.45, 7) is 4.54. The fourth-order valence-corrected chi connectivity index (χ4v) is 1.43. The summed E-state index contributed by atoms with van der Waals surface area (Å²) in [5.41, 5.74) is 0.922. The van der Waals surface area contributed by atoms with Gasteiger partial charge in [-0.15, -0.1) is 0 Å². The van der Waals surface area contributed by atoms with Gasteiger partial charge in [-0.3, -0.25) is 4.98 Å². The normalized spacial score (nSPS) is 14.9. The number of rotatable bonds is 8. The second kappa shape index (κ2) is 6.51. The summed E-state index contributed by atoms with van der Waals surface area (Å²) in [5, 5.41) is 3.39. The van der Waals surface area contributed by atoms with E-state index in [0.717, 1.165) is 12.2 Å². The van der Waals surface area contributed by atoms with Crippen LogP contribution in [0.3, 0.4) is 0 Å². The van der Waals surface area contributed by atoms with Crippen LogP contribution in [0.2, 0.25) is 0 Å². The van der Waals surface area contributed by atoms with Crippen LogP contribution in [0.5, 0.6) is 5.88 Å². The molecule has 94 valence electrons.